The van der Waals surface area contributed by atoms with Crippen LogP contribution in [0.4, 0.5) is 5.69 Å². The van der Waals surface area contributed by atoms with Crippen LogP contribution in [0, 0.1) is 6.92 Å². The van der Waals surface area contributed by atoms with Crippen LogP contribution >= 0.6 is 15.9 Å². The summed E-state index contributed by atoms with van der Waals surface area (Å²) in [5.41, 5.74) is 3.71. The first-order valence-electron chi connectivity index (χ1n) is 9.11. The third kappa shape index (κ3) is 4.65. The molecule has 2 aromatic rings. The lowest BCUT2D eigenvalue weighted by Gasteiger charge is -2.36. The van der Waals surface area contributed by atoms with Crippen LogP contribution in [0.2, 0.25) is 0 Å². The van der Waals surface area contributed by atoms with E-state index in [0.717, 1.165) is 36.2 Å². The highest BCUT2D eigenvalue weighted by Gasteiger charge is 2.21. The van der Waals surface area contributed by atoms with Crippen LogP contribution in [-0.2, 0) is 4.79 Å². The molecular weight excluding hydrogens is 390 g/mol. The molecule has 0 saturated carbocycles. The molecule has 1 amide bonds. The topological polar surface area (TPSA) is 35.6 Å². The molecule has 1 aliphatic rings. The molecule has 1 atom stereocenters. The quantitative estimate of drug-likeness (QED) is 0.807. The van der Waals surface area contributed by atoms with Crippen molar-refractivity contribution in [1.29, 1.82) is 0 Å². The second kappa shape index (κ2) is 8.69. The summed E-state index contributed by atoms with van der Waals surface area (Å²) in [6, 6.07) is 16.5. The Morgan fingerprint density at radius 1 is 1.08 bits per heavy atom. The van der Waals surface area contributed by atoms with Gasteiger partial charge in [0.1, 0.15) is 0 Å². The predicted octanol–water partition coefficient (Wildman–Crippen LogP) is 3.76. The Balaban J connectivity index is 1.49. The number of hydrogen-bond donors (Lipinski definition) is 1. The zero-order chi connectivity index (χ0) is 18.5. The number of para-hydroxylation sites is 1. The first-order valence-corrected chi connectivity index (χ1v) is 9.90. The Bertz CT molecular complexity index is 756. The predicted molar refractivity (Wildman–Crippen MR) is 111 cm³/mol. The molecule has 2 aromatic carbocycles. The van der Waals surface area contributed by atoms with Crippen molar-refractivity contribution in [3.05, 3.63) is 64.1 Å². The van der Waals surface area contributed by atoms with Gasteiger partial charge in [0.2, 0.25) is 5.91 Å². The van der Waals surface area contributed by atoms with Crippen molar-refractivity contribution in [2.45, 2.75) is 19.9 Å². The van der Waals surface area contributed by atoms with Gasteiger partial charge in [-0.2, -0.15) is 0 Å². The van der Waals surface area contributed by atoms with Crippen molar-refractivity contribution < 1.29 is 4.79 Å². The van der Waals surface area contributed by atoms with E-state index in [1.165, 1.54) is 11.3 Å². The highest BCUT2D eigenvalue weighted by Crippen LogP contribution is 2.23. The summed E-state index contributed by atoms with van der Waals surface area (Å²) in [7, 11) is 0. The molecule has 1 N–H and O–H groups in total. The molecule has 0 bridgehead atoms. The molecule has 26 heavy (non-hydrogen) atoms. The number of halogens is 1. The summed E-state index contributed by atoms with van der Waals surface area (Å²) in [6.45, 7) is 8.36. The zero-order valence-electron chi connectivity index (χ0n) is 15.4. The van der Waals surface area contributed by atoms with E-state index in [1.54, 1.807) is 0 Å². The number of anilines is 1. The van der Waals surface area contributed by atoms with Gasteiger partial charge in [0.25, 0.3) is 0 Å². The van der Waals surface area contributed by atoms with E-state index >= 15 is 0 Å². The lowest BCUT2D eigenvalue weighted by molar-refractivity contribution is -0.123. The number of carbonyl (C=O) groups is 1. The average Bonchev–Trinajstić information content (AvgIpc) is 2.63. The fourth-order valence-electron chi connectivity index (χ4n) is 3.46. The maximum absolute atomic E-state index is 12.4. The molecule has 4 nitrogen and oxygen atoms in total. The number of aryl methyl sites for hydroxylation is 1. The summed E-state index contributed by atoms with van der Waals surface area (Å²) in [5.74, 6) is 0.0811. The van der Waals surface area contributed by atoms with Gasteiger partial charge in [-0.25, -0.2) is 0 Å². The van der Waals surface area contributed by atoms with Gasteiger partial charge >= 0.3 is 0 Å². The summed E-state index contributed by atoms with van der Waals surface area (Å²) in [4.78, 5) is 17.1. The second-order valence-corrected chi connectivity index (χ2v) is 7.71. The van der Waals surface area contributed by atoms with Gasteiger partial charge in [0, 0.05) is 36.3 Å². The SMILES string of the molecule is Cc1ccccc1N1CCN(CC(=O)N[C@H](C)c2ccccc2Br)CC1. The van der Waals surface area contributed by atoms with Crippen LogP contribution in [0.1, 0.15) is 24.1 Å². The molecule has 5 heteroatoms. The van der Waals surface area contributed by atoms with Gasteiger partial charge in [-0.05, 0) is 37.1 Å². The van der Waals surface area contributed by atoms with Crippen molar-refractivity contribution in [2.24, 2.45) is 0 Å². The maximum Gasteiger partial charge on any atom is 0.234 e. The number of piperazine rings is 1. The lowest BCUT2D eigenvalue weighted by atomic mass is 10.1. The van der Waals surface area contributed by atoms with E-state index in [0.29, 0.717) is 6.54 Å². The van der Waals surface area contributed by atoms with E-state index < -0.39 is 0 Å². The second-order valence-electron chi connectivity index (χ2n) is 6.86. The van der Waals surface area contributed by atoms with Gasteiger partial charge in [-0.3, -0.25) is 9.69 Å². The first kappa shape index (κ1) is 18.9. The standard InChI is InChI=1S/C21H26BrN3O/c1-16-7-3-6-10-20(16)25-13-11-24(12-14-25)15-21(26)23-17(2)18-8-4-5-9-19(18)22/h3-10,17H,11-15H2,1-2H3,(H,23,26)/t17-/m1/s1. The van der Waals surface area contributed by atoms with E-state index in [4.69, 9.17) is 0 Å². The summed E-state index contributed by atoms with van der Waals surface area (Å²) < 4.78 is 1.03. The minimum atomic E-state index is -0.00803. The normalized spacial score (nSPS) is 16.3. The summed E-state index contributed by atoms with van der Waals surface area (Å²) in [6.07, 6.45) is 0. The van der Waals surface area contributed by atoms with Crippen LogP contribution in [0.5, 0.6) is 0 Å². The Kier molecular flexibility index (Phi) is 6.33. The van der Waals surface area contributed by atoms with Gasteiger partial charge < -0.3 is 10.2 Å². The zero-order valence-corrected chi connectivity index (χ0v) is 17.0. The van der Waals surface area contributed by atoms with Crippen molar-refractivity contribution >= 4 is 27.5 Å². The van der Waals surface area contributed by atoms with E-state index in [1.807, 2.05) is 31.2 Å². The molecule has 1 aliphatic heterocycles. The van der Waals surface area contributed by atoms with Crippen LogP contribution in [0.3, 0.4) is 0 Å². The minimum absolute atomic E-state index is 0.00803. The van der Waals surface area contributed by atoms with Crippen molar-refractivity contribution in [3.63, 3.8) is 0 Å². The molecule has 0 aliphatic carbocycles. The van der Waals surface area contributed by atoms with Crippen LogP contribution < -0.4 is 10.2 Å². The highest BCUT2D eigenvalue weighted by molar-refractivity contribution is 9.10. The van der Waals surface area contributed by atoms with Crippen LogP contribution in [0.15, 0.2) is 53.0 Å². The number of amides is 1. The first-order chi connectivity index (χ1) is 12.5. The Morgan fingerprint density at radius 2 is 1.73 bits per heavy atom. The molecule has 0 radical (unpaired) electrons. The molecule has 1 saturated heterocycles. The van der Waals surface area contributed by atoms with Crippen LogP contribution in [-0.4, -0.2) is 43.5 Å². The van der Waals surface area contributed by atoms with Crippen LogP contribution in [0.25, 0.3) is 0 Å². The van der Waals surface area contributed by atoms with E-state index in [-0.39, 0.29) is 11.9 Å². The Morgan fingerprint density at radius 3 is 2.42 bits per heavy atom. The number of nitrogens with zero attached hydrogens (tertiary/aromatic N) is 2. The van der Waals surface area contributed by atoms with Crippen molar-refractivity contribution in [3.8, 4) is 0 Å². The fourth-order valence-corrected chi connectivity index (χ4v) is 4.09. The monoisotopic (exact) mass is 415 g/mol. The largest absolute Gasteiger partial charge is 0.369 e. The van der Waals surface area contributed by atoms with Gasteiger partial charge in [0.15, 0.2) is 0 Å². The van der Waals surface area contributed by atoms with Crippen molar-refractivity contribution in [1.82, 2.24) is 10.2 Å². The molecule has 1 fully saturated rings. The van der Waals surface area contributed by atoms with Gasteiger partial charge in [-0.1, -0.05) is 52.3 Å². The van der Waals surface area contributed by atoms with Gasteiger partial charge in [0.05, 0.1) is 12.6 Å². The molecule has 138 valence electrons. The summed E-state index contributed by atoms with van der Waals surface area (Å²) in [5, 5.41) is 3.11. The Hall–Kier alpha value is -1.85. The number of carbonyl (C=O) groups excluding carboxylic acids is 1. The molecular formula is C21H26BrN3O. The average molecular weight is 416 g/mol. The summed E-state index contributed by atoms with van der Waals surface area (Å²) >= 11 is 3.55. The molecule has 3 rings (SSSR count). The Labute approximate surface area is 164 Å². The fraction of sp³-hybridized carbons (Fsp3) is 0.381. The van der Waals surface area contributed by atoms with E-state index in [9.17, 15) is 4.79 Å². The highest BCUT2D eigenvalue weighted by atomic mass is 79.9. The smallest absolute Gasteiger partial charge is 0.234 e. The number of rotatable bonds is 5. The number of hydrogen-bond acceptors (Lipinski definition) is 3. The number of nitrogens with one attached hydrogen (secondary N) is 1. The van der Waals surface area contributed by atoms with E-state index in [2.05, 4.69) is 62.2 Å². The van der Waals surface area contributed by atoms with Gasteiger partial charge in [-0.15, -0.1) is 0 Å². The maximum atomic E-state index is 12.4. The molecule has 0 unspecified atom stereocenters. The third-order valence-electron chi connectivity index (χ3n) is 4.94. The lowest BCUT2D eigenvalue weighted by Crippen LogP contribution is -2.49. The minimum Gasteiger partial charge on any atom is -0.369 e. The molecule has 0 aromatic heterocycles. The molecule has 0 spiro atoms. The van der Waals surface area contributed by atoms with Crippen molar-refractivity contribution in [2.75, 3.05) is 37.6 Å². The number of benzene rings is 2. The molecule has 1 heterocycles. The third-order valence-corrected chi connectivity index (χ3v) is 5.67.